The van der Waals surface area contributed by atoms with E-state index in [4.69, 9.17) is 4.55 Å². The van der Waals surface area contributed by atoms with Crippen molar-refractivity contribution < 1.29 is 17.7 Å². The molecule has 1 N–H and O–H groups in total. The van der Waals surface area contributed by atoms with Crippen LogP contribution in [-0.4, -0.2) is 62.0 Å². The molecular formula is C3H8NaO4S. The summed E-state index contributed by atoms with van der Waals surface area (Å²) in [7, 11) is -2.45. The predicted octanol–water partition coefficient (Wildman–Crippen LogP) is -0.860. The van der Waals surface area contributed by atoms with Gasteiger partial charge in [0, 0.05) is 36.7 Å². The van der Waals surface area contributed by atoms with Crippen LogP contribution in [0.5, 0.6) is 0 Å². The summed E-state index contributed by atoms with van der Waals surface area (Å²) in [5.74, 6) is -0.330. The number of methoxy groups -OCH3 is 1. The average molecular weight is 163 g/mol. The third-order valence-corrected chi connectivity index (χ3v) is 1.23. The van der Waals surface area contributed by atoms with Gasteiger partial charge < -0.3 is 4.74 Å². The molecule has 0 aromatic heterocycles. The summed E-state index contributed by atoms with van der Waals surface area (Å²) in [5, 5.41) is 0. The van der Waals surface area contributed by atoms with E-state index in [-0.39, 0.29) is 41.9 Å². The molecule has 0 aromatic carbocycles. The Labute approximate surface area is 76.6 Å². The number of ether oxygens (including phenoxy) is 1. The molecule has 0 saturated heterocycles. The monoisotopic (exact) mass is 163 g/mol. The Bertz CT molecular complexity index is 140. The van der Waals surface area contributed by atoms with E-state index >= 15 is 0 Å². The molecule has 0 atom stereocenters. The molecule has 0 bridgehead atoms. The molecule has 0 aliphatic rings. The molecule has 51 valence electrons. The Kier molecular flexibility index (Phi) is 7.86. The molecule has 0 aromatic rings. The second-order valence-electron chi connectivity index (χ2n) is 1.28. The molecule has 0 rings (SSSR count). The van der Waals surface area contributed by atoms with E-state index in [2.05, 4.69) is 4.74 Å². The Morgan fingerprint density at radius 1 is 1.56 bits per heavy atom. The van der Waals surface area contributed by atoms with E-state index in [9.17, 15) is 8.42 Å². The van der Waals surface area contributed by atoms with Gasteiger partial charge in [-0.1, -0.05) is 0 Å². The van der Waals surface area contributed by atoms with Crippen molar-refractivity contribution >= 4 is 39.7 Å². The minimum absolute atomic E-state index is 0. The zero-order valence-corrected chi connectivity index (χ0v) is 8.31. The maximum atomic E-state index is 9.87. The maximum Gasteiger partial charge on any atom is 0.267 e. The molecule has 0 spiro atoms. The van der Waals surface area contributed by atoms with Crippen molar-refractivity contribution in [3.63, 3.8) is 0 Å². The summed E-state index contributed by atoms with van der Waals surface area (Å²) < 4.78 is 32.2. The molecule has 6 heteroatoms. The van der Waals surface area contributed by atoms with E-state index in [1.807, 2.05) is 0 Å². The van der Waals surface area contributed by atoms with Crippen LogP contribution in [0.1, 0.15) is 0 Å². The minimum atomic E-state index is -3.81. The van der Waals surface area contributed by atoms with Gasteiger partial charge in [0.2, 0.25) is 0 Å². The summed E-state index contributed by atoms with van der Waals surface area (Å²) in [6.45, 7) is 0.0405. The summed E-state index contributed by atoms with van der Waals surface area (Å²) in [6, 6.07) is 0. The first-order chi connectivity index (χ1) is 3.56. The standard InChI is InChI=1S/C3H8O4S.Na/c1-7-2-3-8(4,5)6;/h2-3H2,1H3,(H,4,5,6);. The summed E-state index contributed by atoms with van der Waals surface area (Å²) in [4.78, 5) is 0. The minimum Gasteiger partial charge on any atom is -0.384 e. The zero-order valence-electron chi connectivity index (χ0n) is 5.49. The van der Waals surface area contributed by atoms with E-state index in [0.29, 0.717) is 0 Å². The maximum absolute atomic E-state index is 9.87. The molecule has 0 heterocycles. The molecule has 0 unspecified atom stereocenters. The first-order valence-electron chi connectivity index (χ1n) is 2.00. The Morgan fingerprint density at radius 2 is 2.00 bits per heavy atom. The van der Waals surface area contributed by atoms with Gasteiger partial charge in [-0.2, -0.15) is 8.42 Å². The van der Waals surface area contributed by atoms with Crippen molar-refractivity contribution in [2.24, 2.45) is 0 Å². The molecule has 0 aliphatic carbocycles. The second-order valence-corrected chi connectivity index (χ2v) is 2.85. The van der Waals surface area contributed by atoms with Crippen LogP contribution in [0.4, 0.5) is 0 Å². The number of hydrogen-bond donors (Lipinski definition) is 1. The van der Waals surface area contributed by atoms with Gasteiger partial charge in [0.15, 0.2) is 0 Å². The van der Waals surface area contributed by atoms with Gasteiger partial charge in [0.1, 0.15) is 0 Å². The van der Waals surface area contributed by atoms with Crippen LogP contribution in [0.2, 0.25) is 0 Å². The summed E-state index contributed by atoms with van der Waals surface area (Å²) in [6.07, 6.45) is 0. The SMILES string of the molecule is COCCS(=O)(=O)O.[Na]. The topological polar surface area (TPSA) is 63.6 Å². The van der Waals surface area contributed by atoms with Crippen molar-refractivity contribution in [3.05, 3.63) is 0 Å². The van der Waals surface area contributed by atoms with Crippen LogP contribution in [0.15, 0.2) is 0 Å². The normalized spacial score (nSPS) is 10.4. The quantitative estimate of drug-likeness (QED) is 0.434. The fourth-order valence-corrected chi connectivity index (χ4v) is 0.566. The van der Waals surface area contributed by atoms with Crippen molar-refractivity contribution in [2.75, 3.05) is 19.5 Å². The van der Waals surface area contributed by atoms with Crippen molar-refractivity contribution in [1.29, 1.82) is 0 Å². The number of rotatable bonds is 3. The predicted molar refractivity (Wildman–Crippen MR) is 34.0 cm³/mol. The van der Waals surface area contributed by atoms with Gasteiger partial charge in [0.05, 0.1) is 12.4 Å². The third kappa shape index (κ3) is 12.1. The fourth-order valence-electron chi connectivity index (χ4n) is 0.189. The van der Waals surface area contributed by atoms with Crippen molar-refractivity contribution in [2.45, 2.75) is 0 Å². The third-order valence-electron chi connectivity index (χ3n) is 0.545. The van der Waals surface area contributed by atoms with Crippen molar-refractivity contribution in [3.8, 4) is 0 Å². The first kappa shape index (κ1) is 12.5. The molecule has 4 nitrogen and oxygen atoms in total. The van der Waals surface area contributed by atoms with Crippen LogP contribution in [0, 0.1) is 0 Å². The summed E-state index contributed by atoms with van der Waals surface area (Å²) in [5.41, 5.74) is 0. The average Bonchev–Trinajstić information content (AvgIpc) is 1.59. The smallest absolute Gasteiger partial charge is 0.267 e. The molecule has 9 heavy (non-hydrogen) atoms. The first-order valence-corrected chi connectivity index (χ1v) is 3.61. The molecule has 0 saturated carbocycles. The summed E-state index contributed by atoms with van der Waals surface area (Å²) >= 11 is 0. The van der Waals surface area contributed by atoms with Crippen LogP contribution < -0.4 is 0 Å². The van der Waals surface area contributed by atoms with Gasteiger partial charge in [-0.3, -0.25) is 4.55 Å². The number of hydrogen-bond acceptors (Lipinski definition) is 3. The molecule has 1 radical (unpaired) electrons. The molecular weight excluding hydrogens is 155 g/mol. The van der Waals surface area contributed by atoms with Gasteiger partial charge in [-0.05, 0) is 0 Å². The van der Waals surface area contributed by atoms with Crippen molar-refractivity contribution in [1.82, 2.24) is 0 Å². The molecule has 0 fully saturated rings. The second kappa shape index (κ2) is 5.64. The molecule has 0 amide bonds. The van der Waals surface area contributed by atoms with E-state index in [1.54, 1.807) is 0 Å². The molecule has 0 aliphatic heterocycles. The Hall–Kier alpha value is 0.870. The van der Waals surface area contributed by atoms with Crippen LogP contribution >= 0.6 is 0 Å². The van der Waals surface area contributed by atoms with E-state index in [1.165, 1.54) is 7.11 Å². The van der Waals surface area contributed by atoms with Crippen LogP contribution in [0.25, 0.3) is 0 Å². The van der Waals surface area contributed by atoms with Crippen LogP contribution in [0.3, 0.4) is 0 Å². The largest absolute Gasteiger partial charge is 0.384 e. The van der Waals surface area contributed by atoms with Crippen LogP contribution in [-0.2, 0) is 14.9 Å². The van der Waals surface area contributed by atoms with Gasteiger partial charge in [-0.15, -0.1) is 0 Å². The zero-order chi connectivity index (χ0) is 6.62. The Balaban J connectivity index is 0. The Morgan fingerprint density at radius 3 is 2.11 bits per heavy atom. The van der Waals surface area contributed by atoms with Gasteiger partial charge >= 0.3 is 0 Å². The van der Waals surface area contributed by atoms with Gasteiger partial charge in [0.25, 0.3) is 10.1 Å². The van der Waals surface area contributed by atoms with Gasteiger partial charge in [-0.25, -0.2) is 0 Å². The van der Waals surface area contributed by atoms with E-state index < -0.39 is 10.1 Å². The van der Waals surface area contributed by atoms with E-state index in [0.717, 1.165) is 0 Å². The fraction of sp³-hybridized carbons (Fsp3) is 1.00.